The number of ether oxygens (including phenoxy) is 1. The number of benzene rings is 1. The van der Waals surface area contributed by atoms with Crippen LogP contribution in [0.4, 0.5) is 10.5 Å². The quantitative estimate of drug-likeness (QED) is 0.451. The maximum absolute atomic E-state index is 11.4. The Bertz CT molecular complexity index is 440. The number of hydrogen-bond acceptors (Lipinski definition) is 4. The van der Waals surface area contributed by atoms with Crippen LogP contribution < -0.4 is 11.1 Å². The first-order valence-corrected chi connectivity index (χ1v) is 7.32. The molecule has 0 aliphatic carbocycles. The molecule has 0 heterocycles. The van der Waals surface area contributed by atoms with Crippen LogP contribution in [0.2, 0.25) is 0 Å². The standard InChI is InChI=1S/C14H22N2O3.C2H6/c1-14(2,3)19-13(18)16-8-4-5-10-9-11(17)6-7-12(10)15;1-2/h6-7,9,17H,4-5,8,15H2,1-3H3,(H,16,18);1-2H3. The summed E-state index contributed by atoms with van der Waals surface area (Å²) < 4.78 is 5.12. The molecule has 0 aliphatic heterocycles. The third-order valence-electron chi connectivity index (χ3n) is 2.42. The highest BCUT2D eigenvalue weighted by atomic mass is 16.6. The molecule has 0 saturated carbocycles. The molecule has 0 bridgehead atoms. The smallest absolute Gasteiger partial charge is 0.407 e. The van der Waals surface area contributed by atoms with Gasteiger partial charge in [-0.1, -0.05) is 13.8 Å². The minimum atomic E-state index is -0.486. The van der Waals surface area contributed by atoms with Crippen LogP contribution in [0.1, 0.15) is 46.6 Å². The number of nitrogen functional groups attached to an aromatic ring is 1. The highest BCUT2D eigenvalue weighted by Gasteiger charge is 2.15. The Hall–Kier alpha value is -1.91. The molecule has 1 rings (SSSR count). The van der Waals surface area contributed by atoms with E-state index in [0.29, 0.717) is 18.7 Å². The van der Waals surface area contributed by atoms with E-state index >= 15 is 0 Å². The average molecular weight is 296 g/mol. The minimum absolute atomic E-state index is 0.198. The summed E-state index contributed by atoms with van der Waals surface area (Å²) in [7, 11) is 0. The fourth-order valence-electron chi connectivity index (χ4n) is 1.59. The molecule has 4 N–H and O–H groups in total. The number of aromatic hydroxyl groups is 1. The number of anilines is 1. The van der Waals surface area contributed by atoms with E-state index in [0.717, 1.165) is 12.0 Å². The van der Waals surface area contributed by atoms with Crippen LogP contribution >= 0.6 is 0 Å². The molecule has 0 fully saturated rings. The molecule has 120 valence electrons. The van der Waals surface area contributed by atoms with Gasteiger partial charge in [0.1, 0.15) is 11.4 Å². The van der Waals surface area contributed by atoms with Gasteiger partial charge < -0.3 is 20.9 Å². The highest BCUT2D eigenvalue weighted by Crippen LogP contribution is 2.19. The van der Waals surface area contributed by atoms with Gasteiger partial charge in [-0.2, -0.15) is 0 Å². The molecule has 5 nitrogen and oxygen atoms in total. The molecule has 1 aromatic carbocycles. The van der Waals surface area contributed by atoms with Crippen molar-refractivity contribution in [2.45, 2.75) is 53.1 Å². The van der Waals surface area contributed by atoms with E-state index in [1.165, 1.54) is 0 Å². The number of rotatable bonds is 4. The van der Waals surface area contributed by atoms with Crippen LogP contribution in [0.5, 0.6) is 5.75 Å². The van der Waals surface area contributed by atoms with Gasteiger partial charge in [0.05, 0.1) is 0 Å². The lowest BCUT2D eigenvalue weighted by Gasteiger charge is -2.19. The van der Waals surface area contributed by atoms with E-state index in [2.05, 4.69) is 5.32 Å². The van der Waals surface area contributed by atoms with Gasteiger partial charge in [0.15, 0.2) is 0 Å². The number of nitrogens with two attached hydrogens (primary N) is 1. The molecule has 21 heavy (non-hydrogen) atoms. The first kappa shape index (κ1) is 19.1. The average Bonchev–Trinajstić information content (AvgIpc) is 2.39. The molecule has 0 atom stereocenters. The van der Waals surface area contributed by atoms with Crippen LogP contribution in [0.15, 0.2) is 18.2 Å². The number of amides is 1. The van der Waals surface area contributed by atoms with Crippen LogP contribution in [-0.4, -0.2) is 23.3 Å². The third-order valence-corrected chi connectivity index (χ3v) is 2.42. The summed E-state index contributed by atoms with van der Waals surface area (Å²) in [6.07, 6.45) is 1.000. The van der Waals surface area contributed by atoms with Crippen LogP contribution in [0.25, 0.3) is 0 Å². The monoisotopic (exact) mass is 296 g/mol. The summed E-state index contributed by atoms with van der Waals surface area (Å²) in [5.41, 5.74) is 6.83. The Morgan fingerprint density at radius 3 is 2.52 bits per heavy atom. The fraction of sp³-hybridized carbons (Fsp3) is 0.562. The first-order chi connectivity index (χ1) is 9.78. The van der Waals surface area contributed by atoms with Gasteiger partial charge >= 0.3 is 6.09 Å². The van der Waals surface area contributed by atoms with Crippen molar-refractivity contribution in [2.75, 3.05) is 12.3 Å². The fourth-order valence-corrected chi connectivity index (χ4v) is 1.59. The summed E-state index contributed by atoms with van der Waals surface area (Å²) in [6, 6.07) is 4.87. The lowest BCUT2D eigenvalue weighted by molar-refractivity contribution is 0.0527. The molecule has 0 aromatic heterocycles. The molecule has 1 amide bonds. The lowest BCUT2D eigenvalue weighted by atomic mass is 10.1. The van der Waals surface area contributed by atoms with Gasteiger partial charge in [0.2, 0.25) is 0 Å². The van der Waals surface area contributed by atoms with Crippen molar-refractivity contribution >= 4 is 11.8 Å². The Labute approximate surface area is 127 Å². The van der Waals surface area contributed by atoms with Crippen LogP contribution in [-0.2, 0) is 11.2 Å². The first-order valence-electron chi connectivity index (χ1n) is 7.32. The second-order valence-corrected chi connectivity index (χ2v) is 5.42. The number of nitrogens with one attached hydrogen (secondary N) is 1. The minimum Gasteiger partial charge on any atom is -0.508 e. The number of phenols is 1. The predicted octanol–water partition coefficient (Wildman–Crippen LogP) is 3.46. The molecular formula is C16H28N2O3. The Morgan fingerprint density at radius 1 is 1.33 bits per heavy atom. The Balaban J connectivity index is 0.00000191. The van der Waals surface area contributed by atoms with Gasteiger partial charge in [-0.05, 0) is 57.4 Å². The highest BCUT2D eigenvalue weighted by molar-refractivity contribution is 5.67. The van der Waals surface area contributed by atoms with Crippen molar-refractivity contribution in [3.05, 3.63) is 23.8 Å². The van der Waals surface area contributed by atoms with Crippen LogP contribution in [0.3, 0.4) is 0 Å². The summed E-state index contributed by atoms with van der Waals surface area (Å²) in [6.45, 7) is 9.96. The SMILES string of the molecule is CC.CC(C)(C)OC(=O)NCCCc1cc(O)ccc1N. The number of carbonyl (C=O) groups is 1. The van der Waals surface area contributed by atoms with E-state index in [1.54, 1.807) is 18.2 Å². The van der Waals surface area contributed by atoms with Gasteiger partial charge in [0.25, 0.3) is 0 Å². The van der Waals surface area contributed by atoms with Gasteiger partial charge in [-0.3, -0.25) is 0 Å². The molecule has 0 unspecified atom stereocenters. The predicted molar refractivity (Wildman–Crippen MR) is 86.4 cm³/mol. The molecule has 0 spiro atoms. The topological polar surface area (TPSA) is 84.6 Å². The maximum Gasteiger partial charge on any atom is 0.407 e. The second kappa shape index (κ2) is 9.10. The zero-order valence-corrected chi connectivity index (χ0v) is 13.7. The van der Waals surface area contributed by atoms with Crippen molar-refractivity contribution in [3.63, 3.8) is 0 Å². The number of carbonyl (C=O) groups excluding carboxylic acids is 1. The number of alkyl carbamates (subject to hydrolysis) is 1. The van der Waals surface area contributed by atoms with Crippen molar-refractivity contribution < 1.29 is 14.6 Å². The summed E-state index contributed by atoms with van der Waals surface area (Å²) in [4.78, 5) is 11.4. The normalized spacial score (nSPS) is 10.3. The van der Waals surface area contributed by atoms with Crippen molar-refractivity contribution in [1.82, 2.24) is 5.32 Å². The summed E-state index contributed by atoms with van der Waals surface area (Å²) in [5, 5.41) is 12.0. The summed E-state index contributed by atoms with van der Waals surface area (Å²) in [5.74, 6) is 0.198. The Morgan fingerprint density at radius 2 is 1.95 bits per heavy atom. The van der Waals surface area contributed by atoms with Gasteiger partial charge in [-0.15, -0.1) is 0 Å². The molecule has 1 aromatic rings. The molecule has 0 saturated heterocycles. The molecule has 0 radical (unpaired) electrons. The molecule has 5 heteroatoms. The van der Waals surface area contributed by atoms with E-state index < -0.39 is 11.7 Å². The number of hydrogen-bond donors (Lipinski definition) is 3. The van der Waals surface area contributed by atoms with Crippen molar-refractivity contribution in [1.29, 1.82) is 0 Å². The zero-order chi connectivity index (χ0) is 16.5. The van der Waals surface area contributed by atoms with E-state index in [4.69, 9.17) is 10.5 Å². The largest absolute Gasteiger partial charge is 0.508 e. The molecular weight excluding hydrogens is 268 g/mol. The number of phenolic OH excluding ortho intramolecular Hbond substituents is 1. The van der Waals surface area contributed by atoms with E-state index in [9.17, 15) is 9.90 Å². The zero-order valence-electron chi connectivity index (χ0n) is 13.7. The molecule has 0 aliphatic rings. The lowest BCUT2D eigenvalue weighted by Crippen LogP contribution is -2.33. The Kier molecular flexibility index (Phi) is 8.28. The second-order valence-electron chi connectivity index (χ2n) is 5.42. The maximum atomic E-state index is 11.4. The van der Waals surface area contributed by atoms with Crippen molar-refractivity contribution in [3.8, 4) is 5.75 Å². The number of aryl methyl sites for hydroxylation is 1. The van der Waals surface area contributed by atoms with E-state index in [-0.39, 0.29) is 5.75 Å². The van der Waals surface area contributed by atoms with Gasteiger partial charge in [0, 0.05) is 12.2 Å². The van der Waals surface area contributed by atoms with E-state index in [1.807, 2.05) is 34.6 Å². The van der Waals surface area contributed by atoms with Crippen molar-refractivity contribution in [2.24, 2.45) is 0 Å². The summed E-state index contributed by atoms with van der Waals surface area (Å²) >= 11 is 0. The van der Waals surface area contributed by atoms with Crippen LogP contribution in [0, 0.1) is 0 Å². The van der Waals surface area contributed by atoms with Gasteiger partial charge in [-0.25, -0.2) is 4.79 Å². The third kappa shape index (κ3) is 8.78.